The van der Waals surface area contributed by atoms with Gasteiger partial charge in [-0.3, -0.25) is 10.7 Å². The van der Waals surface area contributed by atoms with Crippen LogP contribution in [0.25, 0.3) is 5.57 Å². The lowest BCUT2D eigenvalue weighted by Crippen LogP contribution is -2.14. The number of imidazole rings is 1. The zero-order valence-electron chi connectivity index (χ0n) is 18.8. The topological polar surface area (TPSA) is 50.1 Å². The van der Waals surface area contributed by atoms with Crippen molar-refractivity contribution in [3.63, 3.8) is 0 Å². The second-order valence-electron chi connectivity index (χ2n) is 9.84. The van der Waals surface area contributed by atoms with Crippen molar-refractivity contribution < 1.29 is 5.21 Å². The number of nitrogens with zero attached hydrogens (tertiary/aromatic N) is 2. The molecule has 1 atom stereocenters. The predicted molar refractivity (Wildman–Crippen MR) is 122 cm³/mol. The van der Waals surface area contributed by atoms with Gasteiger partial charge < -0.3 is 4.57 Å². The monoisotopic (exact) mass is 397 g/mol. The van der Waals surface area contributed by atoms with Gasteiger partial charge >= 0.3 is 0 Å². The number of anilines is 1. The summed E-state index contributed by atoms with van der Waals surface area (Å²) in [6.45, 7) is 10.2. The summed E-state index contributed by atoms with van der Waals surface area (Å²) in [6.07, 6.45) is 21.5. The fourth-order valence-corrected chi connectivity index (χ4v) is 4.46. The minimum absolute atomic E-state index is 0.0680. The second-order valence-corrected chi connectivity index (χ2v) is 9.84. The van der Waals surface area contributed by atoms with Gasteiger partial charge in [-0.2, -0.15) is 0 Å². The molecule has 3 rings (SSSR count). The Labute approximate surface area is 176 Å². The maximum atomic E-state index is 10.0. The van der Waals surface area contributed by atoms with Gasteiger partial charge in [0.1, 0.15) is 11.5 Å². The highest BCUT2D eigenvalue weighted by Gasteiger charge is 2.23. The van der Waals surface area contributed by atoms with Crippen molar-refractivity contribution >= 4 is 11.4 Å². The Bertz CT molecular complexity index is 784. The Balaban J connectivity index is 1.90. The Morgan fingerprint density at radius 1 is 1.07 bits per heavy atom. The van der Waals surface area contributed by atoms with Gasteiger partial charge in [-0.1, -0.05) is 77.3 Å². The molecule has 1 aromatic rings. The van der Waals surface area contributed by atoms with Crippen LogP contribution in [0.15, 0.2) is 30.4 Å². The number of allylic oxidation sites excluding steroid dienone is 6. The molecule has 0 bridgehead atoms. The molecule has 2 aliphatic rings. The highest BCUT2D eigenvalue weighted by atomic mass is 16.5. The molecule has 0 saturated carbocycles. The van der Waals surface area contributed by atoms with Crippen molar-refractivity contribution in [2.45, 2.75) is 92.0 Å². The molecule has 29 heavy (non-hydrogen) atoms. The Morgan fingerprint density at radius 3 is 2.55 bits per heavy atom. The van der Waals surface area contributed by atoms with Crippen LogP contribution in [0.5, 0.6) is 0 Å². The van der Waals surface area contributed by atoms with Crippen LogP contribution in [0.3, 0.4) is 0 Å². The first-order chi connectivity index (χ1) is 13.9. The lowest BCUT2D eigenvalue weighted by atomic mass is 9.82. The van der Waals surface area contributed by atoms with E-state index in [0.29, 0.717) is 5.41 Å². The molecule has 1 aliphatic heterocycles. The van der Waals surface area contributed by atoms with Gasteiger partial charge in [-0.15, -0.1) is 0 Å². The molecule has 1 aromatic heterocycles. The lowest BCUT2D eigenvalue weighted by Gasteiger charge is -2.25. The van der Waals surface area contributed by atoms with Crippen molar-refractivity contribution in [3.05, 3.63) is 41.9 Å². The Hall–Kier alpha value is -1.81. The summed E-state index contributed by atoms with van der Waals surface area (Å²) in [6, 6.07) is 0. The number of fused-ring (bicyclic) bond motifs is 1. The van der Waals surface area contributed by atoms with Crippen LogP contribution >= 0.6 is 0 Å². The Morgan fingerprint density at radius 2 is 1.83 bits per heavy atom. The van der Waals surface area contributed by atoms with Gasteiger partial charge in [0.05, 0.1) is 0 Å². The third kappa shape index (κ3) is 5.42. The van der Waals surface area contributed by atoms with Crippen molar-refractivity contribution in [3.8, 4) is 0 Å². The zero-order valence-corrected chi connectivity index (χ0v) is 18.8. The average molecular weight is 398 g/mol. The quantitative estimate of drug-likeness (QED) is 0.544. The van der Waals surface area contributed by atoms with E-state index in [4.69, 9.17) is 4.98 Å². The highest BCUT2D eigenvalue weighted by molar-refractivity contribution is 5.80. The summed E-state index contributed by atoms with van der Waals surface area (Å²) in [5, 5.41) is 10.0. The van der Waals surface area contributed by atoms with E-state index in [1.54, 1.807) is 0 Å². The first kappa shape index (κ1) is 21.9. The van der Waals surface area contributed by atoms with Gasteiger partial charge in [0.15, 0.2) is 5.82 Å². The summed E-state index contributed by atoms with van der Waals surface area (Å²) in [4.78, 5) is 5.00. The van der Waals surface area contributed by atoms with Gasteiger partial charge in [0, 0.05) is 24.0 Å². The predicted octanol–water partition coefficient (Wildman–Crippen LogP) is 6.92. The summed E-state index contributed by atoms with van der Waals surface area (Å²) in [5.74, 6) is 1.83. The number of nitrogens with one attached hydrogen (secondary N) is 1. The van der Waals surface area contributed by atoms with E-state index < -0.39 is 0 Å². The van der Waals surface area contributed by atoms with Crippen molar-refractivity contribution in [1.82, 2.24) is 9.55 Å². The highest BCUT2D eigenvalue weighted by Crippen LogP contribution is 2.34. The SMILES string of the molecule is CCC1(C)C=CC=C(c2nc3n(c2NO)CCCCC(C)(C)CCCCC3)C=C1. The van der Waals surface area contributed by atoms with E-state index in [-0.39, 0.29) is 5.41 Å². The minimum Gasteiger partial charge on any atom is -0.313 e. The van der Waals surface area contributed by atoms with E-state index in [2.05, 4.69) is 68.1 Å². The normalized spacial score (nSPS) is 25.3. The van der Waals surface area contributed by atoms with Crippen LogP contribution in [0.4, 0.5) is 5.82 Å². The molecule has 0 saturated heterocycles. The third-order valence-corrected chi connectivity index (χ3v) is 6.82. The molecule has 0 radical (unpaired) electrons. The standard InChI is InChI=1S/C25H39N3O/c1-5-25(4)17-11-12-20(14-18-25)22-23(27-29)28-19-10-9-16-24(2,3)15-8-6-7-13-21(28)26-22/h11-12,14,17-18,27,29H,5-10,13,15-16,19H2,1-4H3. The number of aromatic nitrogens is 2. The number of aryl methyl sites for hydroxylation is 1. The molecule has 1 unspecified atom stereocenters. The lowest BCUT2D eigenvalue weighted by molar-refractivity contribution is 0.279. The molecule has 4 heteroatoms. The van der Waals surface area contributed by atoms with Crippen LogP contribution in [0.1, 0.15) is 90.6 Å². The molecule has 4 nitrogen and oxygen atoms in total. The van der Waals surface area contributed by atoms with E-state index in [0.717, 1.165) is 55.1 Å². The molecule has 1 aliphatic carbocycles. The van der Waals surface area contributed by atoms with E-state index in [1.165, 1.54) is 32.1 Å². The van der Waals surface area contributed by atoms with Crippen LogP contribution in [-0.4, -0.2) is 14.8 Å². The van der Waals surface area contributed by atoms with Crippen molar-refractivity contribution in [2.75, 3.05) is 5.48 Å². The van der Waals surface area contributed by atoms with Crippen LogP contribution in [0.2, 0.25) is 0 Å². The number of hydrogen-bond donors (Lipinski definition) is 2. The van der Waals surface area contributed by atoms with Crippen molar-refractivity contribution in [1.29, 1.82) is 0 Å². The minimum atomic E-state index is 0.0680. The van der Waals surface area contributed by atoms with Crippen LogP contribution in [-0.2, 0) is 13.0 Å². The maximum absolute atomic E-state index is 10.0. The van der Waals surface area contributed by atoms with E-state index >= 15 is 0 Å². The zero-order chi connectivity index (χ0) is 20.9. The molecule has 2 N–H and O–H groups in total. The fourth-order valence-electron chi connectivity index (χ4n) is 4.46. The van der Waals surface area contributed by atoms with Gasteiger partial charge in [0.2, 0.25) is 0 Å². The molecule has 0 fully saturated rings. The van der Waals surface area contributed by atoms with Gasteiger partial charge in [-0.25, -0.2) is 4.98 Å². The average Bonchev–Trinajstić information content (AvgIpc) is 2.90. The third-order valence-electron chi connectivity index (χ3n) is 6.82. The van der Waals surface area contributed by atoms with Gasteiger partial charge in [-0.05, 0) is 37.5 Å². The Kier molecular flexibility index (Phi) is 7.05. The van der Waals surface area contributed by atoms with E-state index in [9.17, 15) is 5.21 Å². The molecular weight excluding hydrogens is 358 g/mol. The molecule has 160 valence electrons. The second kappa shape index (κ2) is 9.34. The number of hydrogen-bond acceptors (Lipinski definition) is 3. The number of rotatable bonds is 3. The first-order valence-electron chi connectivity index (χ1n) is 11.5. The van der Waals surface area contributed by atoms with Crippen molar-refractivity contribution in [2.24, 2.45) is 10.8 Å². The van der Waals surface area contributed by atoms with Crippen LogP contribution in [0, 0.1) is 10.8 Å². The van der Waals surface area contributed by atoms with E-state index in [1.807, 2.05) is 0 Å². The fraction of sp³-hybridized carbons (Fsp3) is 0.640. The van der Waals surface area contributed by atoms with Gasteiger partial charge in [0.25, 0.3) is 0 Å². The summed E-state index contributed by atoms with van der Waals surface area (Å²) >= 11 is 0. The largest absolute Gasteiger partial charge is 0.313 e. The molecular formula is C25H39N3O. The molecule has 2 heterocycles. The summed E-state index contributed by atoms with van der Waals surface area (Å²) < 4.78 is 2.21. The molecule has 0 aromatic carbocycles. The summed E-state index contributed by atoms with van der Waals surface area (Å²) in [5.41, 5.74) is 4.91. The molecule has 0 amide bonds. The molecule has 0 spiro atoms. The summed E-state index contributed by atoms with van der Waals surface area (Å²) in [7, 11) is 0. The van der Waals surface area contributed by atoms with Crippen LogP contribution < -0.4 is 5.48 Å². The maximum Gasteiger partial charge on any atom is 0.158 e. The smallest absolute Gasteiger partial charge is 0.158 e. The first-order valence-corrected chi connectivity index (χ1v) is 11.5.